The first-order valence-corrected chi connectivity index (χ1v) is 42.2. The third-order valence-corrected chi connectivity index (χ3v) is 23.8. The zero-order valence-corrected chi connectivity index (χ0v) is 82.0. The minimum absolute atomic E-state index is 0. The Morgan fingerprint density at radius 2 is 0.746 bits per heavy atom. The molecule has 3 fully saturated rings. The molecule has 3 aromatic heterocycles. The summed E-state index contributed by atoms with van der Waals surface area (Å²) >= 11 is 38.4. The number of nitrogens with zero attached hydrogens (tertiary/aromatic N) is 16. The predicted octanol–water partition coefficient (Wildman–Crippen LogP) is 14.4. The van der Waals surface area contributed by atoms with Crippen molar-refractivity contribution >= 4 is 243 Å². The Morgan fingerprint density at radius 1 is 0.448 bits per heavy atom. The third kappa shape index (κ3) is 24.2. The Labute approximate surface area is 822 Å². The zero-order chi connectivity index (χ0) is 94.5. The molecule has 0 aliphatic carbocycles. The zero-order valence-electron chi connectivity index (χ0n) is 74.4. The molecule has 15 rings (SSSR count). The number of rotatable bonds is 22. The van der Waals surface area contributed by atoms with Gasteiger partial charge in [0.05, 0.1) is 123 Å². The summed E-state index contributed by atoms with van der Waals surface area (Å²) in [6.07, 6.45) is 5.91. The number of fused-ring (bicyclic) bond motifs is 9. The fraction of sp³-hybridized carbons (Fsp3) is 0.321. The quantitative estimate of drug-likeness (QED) is 0.0132. The number of carbonyl (C=O) groups is 5. The maximum atomic E-state index is 13.2. The van der Waals surface area contributed by atoms with Crippen molar-refractivity contribution in [3.63, 3.8) is 0 Å². The molecular weight excluding hydrogens is 1930 g/mol. The van der Waals surface area contributed by atoms with Gasteiger partial charge in [-0.15, -0.1) is 0 Å². The highest BCUT2D eigenvalue weighted by molar-refractivity contribution is 7.59. The van der Waals surface area contributed by atoms with E-state index in [2.05, 4.69) is 124 Å². The van der Waals surface area contributed by atoms with Crippen LogP contribution in [0.3, 0.4) is 0 Å². The van der Waals surface area contributed by atoms with Crippen LogP contribution in [-0.2, 0) is 9.59 Å². The Hall–Kier alpha value is -12.3. The highest BCUT2D eigenvalue weighted by Gasteiger charge is 2.38. The molecule has 0 radical (unpaired) electrons. The number of piperazine rings is 3. The van der Waals surface area contributed by atoms with Crippen LogP contribution in [0.5, 0.6) is 51.7 Å². The number of aromatic nitrogens is 6. The number of urea groups is 3. The smallest absolute Gasteiger partial charge is 0.327 e. The van der Waals surface area contributed by atoms with Gasteiger partial charge in [-0.25, -0.2) is 49.1 Å². The fourth-order valence-electron chi connectivity index (χ4n) is 14.5. The van der Waals surface area contributed by atoms with Crippen molar-refractivity contribution in [3.05, 3.63) is 157 Å². The number of nitrogens with two attached hydrogens (primary N) is 1. The number of carbonyl (C=O) groups excluding carboxylic acids is 4. The van der Waals surface area contributed by atoms with Gasteiger partial charge in [-0.05, 0) is 39.4 Å². The molecule has 6 aromatic carbocycles. The van der Waals surface area contributed by atoms with Gasteiger partial charge < -0.3 is 120 Å². The lowest BCUT2D eigenvalue weighted by atomic mass is 10.1. The number of halogens is 6. The van der Waals surface area contributed by atoms with Crippen molar-refractivity contribution in [2.45, 2.75) is 18.1 Å². The Kier molecular flexibility index (Phi) is 37.0. The number of methoxy groups -OCH3 is 6. The molecule has 7 amide bonds. The van der Waals surface area contributed by atoms with E-state index in [1.54, 1.807) is 25.2 Å². The van der Waals surface area contributed by atoms with E-state index in [0.29, 0.717) is 94.8 Å². The summed E-state index contributed by atoms with van der Waals surface area (Å²) in [5, 5.41) is 40.6. The highest BCUT2D eigenvalue weighted by atomic mass is 35.5. The fourth-order valence-corrected chi connectivity index (χ4v) is 16.3. The Morgan fingerprint density at radius 3 is 1.06 bits per heavy atom. The number of anilines is 17. The maximum absolute atomic E-state index is 13.2. The number of nitro benzene ring substituents is 1. The Balaban J connectivity index is 0.000000218. The van der Waals surface area contributed by atoms with Gasteiger partial charge in [0.15, 0.2) is 0 Å². The van der Waals surface area contributed by atoms with Crippen molar-refractivity contribution in [1.82, 2.24) is 44.6 Å². The van der Waals surface area contributed by atoms with Gasteiger partial charge in [0, 0.05) is 147 Å². The van der Waals surface area contributed by atoms with E-state index in [-0.39, 0.29) is 158 Å². The molecule has 0 spiro atoms. The van der Waals surface area contributed by atoms with E-state index in [1.165, 1.54) is 127 Å². The SMILES string of the molecule is C=CC(=O)Nc1cc2c(cc1Nc1cc(N(C)C(=O)Nc3c(Cl)c(OC)cc(OC)c3Cl)ncn1)OC[C@@H]1CN(C)CCN21.C=CC(=O)O.COc1cc(OC)c(Cl)c(NC(=O)N(C)c2cc(Nc3cc4c(cc3N)N3CCN(C)C[C@H]3CO4)ncn2)c1Cl.COc1cc(OC)c(Cl)c(NC(=O)N(C)c2cc(Nc3cc4c(cc3[N+](=O)[O-])N3CCN(C)C[C@H]3CO4)ncn2)c1Cl.S.S.S. The molecule has 0 saturated carbocycles. The minimum Gasteiger partial charge on any atom is -0.495 e. The summed E-state index contributed by atoms with van der Waals surface area (Å²) in [7, 11) is 19.4. The molecule has 0 bridgehead atoms. The number of hydrogen-bond acceptors (Lipinski definition) is 32. The second kappa shape index (κ2) is 47.0. The molecule has 6 aliphatic rings. The molecule has 9 heterocycles. The van der Waals surface area contributed by atoms with Crippen LogP contribution in [0.15, 0.2) is 117 Å². The van der Waals surface area contributed by atoms with Gasteiger partial charge in [0.2, 0.25) is 5.91 Å². The van der Waals surface area contributed by atoms with E-state index in [0.717, 1.165) is 82.1 Å². The van der Waals surface area contributed by atoms with Crippen LogP contribution in [0.1, 0.15) is 0 Å². The van der Waals surface area contributed by atoms with Gasteiger partial charge in [-0.3, -0.25) is 29.6 Å². The van der Waals surface area contributed by atoms with E-state index >= 15 is 0 Å². The van der Waals surface area contributed by atoms with Crippen LogP contribution >= 0.6 is 110 Å². The van der Waals surface area contributed by atoms with E-state index in [4.69, 9.17) is 123 Å². The molecular formula is C84H100Cl6N24O17S3. The highest BCUT2D eigenvalue weighted by Crippen LogP contribution is 2.50. The normalized spacial score (nSPS) is 15.3. The standard InChI is InChI=1S/C29H32Cl2N8O5.C26H28Cl2N8O6.C26H30Cl2N8O4.C3H4O2.3H2S/c1-6-25(40)35-17-9-19-20(44-14-16-13-37(2)7-8-39(16)19)10-18(17)34-23-12-24(33-15-32-23)38(3)29(41)36-28-26(30)21(42-4)11-22(43-5)27(28)31;1-33-5-6-35-14(11-33)12-42-18-7-15(16(36(38)39)8-17(18)35)31-21-10-22(30-13-29-21)34(2)26(37)32-25-23(27)19(40-3)9-20(41-4)24(25)28;1-34-5-6-36-14(11-34)12-40-18-8-16(15(29)7-17(18)36)32-21-10-22(31-13-30-21)35(2)26(37)33-25-23(27)19(38-3)9-20(39-4)24(25)28;1-2-3(4)5;;;/h6,9-12,15-16H,1,7-8,13-14H2,2-5H3,(H,35,40)(H,36,41)(H,32,33,34);7-10,13-14H,5-6,11-12H2,1-4H3,(H,32,37)(H,29,30,31);7-10,13-14H,5-6,11-12,29H2,1-4H3,(H,33,37)(H,30,31,32);2H,1H2,(H,4,5);3*1H2/t16-;2*14-;;;;/m000..../s1. The topological polar surface area (TPSA) is 449 Å². The largest absolute Gasteiger partial charge is 0.495 e. The number of nitro groups is 1. The van der Waals surface area contributed by atoms with Crippen LogP contribution in [0, 0.1) is 10.1 Å². The third-order valence-electron chi connectivity index (χ3n) is 21.5. The summed E-state index contributed by atoms with van der Waals surface area (Å²) in [5.74, 6) is 4.03. The monoisotopic (exact) mass is 2020 g/mol. The van der Waals surface area contributed by atoms with E-state index < -0.39 is 29.0 Å². The van der Waals surface area contributed by atoms with Crippen LogP contribution in [-0.4, -0.2) is 266 Å². The summed E-state index contributed by atoms with van der Waals surface area (Å²) in [4.78, 5) is 115. The first-order chi connectivity index (χ1) is 62.7. The van der Waals surface area contributed by atoms with Gasteiger partial charge in [-0.2, -0.15) is 40.5 Å². The van der Waals surface area contributed by atoms with Crippen LogP contribution in [0.4, 0.5) is 118 Å². The number of benzene rings is 6. The minimum atomic E-state index is -0.981. The molecule has 10 N–H and O–H groups in total. The molecule has 9 aromatic rings. The second-order valence-corrected chi connectivity index (χ2v) is 32.1. The van der Waals surface area contributed by atoms with Crippen molar-refractivity contribution < 1.29 is 76.6 Å². The average Bonchev–Trinajstić information content (AvgIpc) is 0.760. The lowest BCUT2D eigenvalue weighted by molar-refractivity contribution is -0.383. The number of likely N-dealkylation sites (N-methyl/N-ethyl adjacent to an activating group) is 3. The second-order valence-electron chi connectivity index (χ2n) is 29.8. The number of aliphatic carboxylic acids is 1. The number of carboxylic acid groups (broad SMARTS) is 1. The first kappa shape index (κ1) is 105. The van der Waals surface area contributed by atoms with Crippen molar-refractivity contribution in [1.29, 1.82) is 0 Å². The van der Waals surface area contributed by atoms with Gasteiger partial charge in [0.25, 0.3) is 5.69 Å². The summed E-state index contributed by atoms with van der Waals surface area (Å²) < 4.78 is 49.8. The van der Waals surface area contributed by atoms with Gasteiger partial charge >= 0.3 is 24.1 Å². The van der Waals surface area contributed by atoms with Crippen LogP contribution in [0.2, 0.25) is 30.1 Å². The lowest BCUT2D eigenvalue weighted by Crippen LogP contribution is -2.56. The van der Waals surface area contributed by atoms with Crippen LogP contribution < -0.4 is 115 Å². The Bertz CT molecular complexity index is 5780. The number of amides is 7. The summed E-state index contributed by atoms with van der Waals surface area (Å²) in [5.41, 5.74) is 11.6. The van der Waals surface area contributed by atoms with Crippen LogP contribution in [0.25, 0.3) is 0 Å². The molecule has 718 valence electrons. The molecule has 134 heavy (non-hydrogen) atoms. The van der Waals surface area contributed by atoms with Crippen molar-refractivity contribution in [2.75, 3.05) is 236 Å². The first-order valence-electron chi connectivity index (χ1n) is 39.9. The molecule has 3 saturated heterocycles. The number of ether oxygens (including phenoxy) is 9. The van der Waals surface area contributed by atoms with Crippen molar-refractivity contribution in [3.8, 4) is 51.7 Å². The van der Waals surface area contributed by atoms with E-state index in [9.17, 15) is 34.1 Å². The summed E-state index contributed by atoms with van der Waals surface area (Å²) in [6, 6.07) is 18.7. The number of hydrogen-bond donors (Lipinski definition) is 9. The number of carboxylic acids is 1. The maximum Gasteiger partial charge on any atom is 0.327 e. The molecule has 41 nitrogen and oxygen atoms in total. The van der Waals surface area contributed by atoms with E-state index in [1.807, 2.05) is 31.3 Å². The van der Waals surface area contributed by atoms with Crippen molar-refractivity contribution in [2.24, 2.45) is 0 Å². The summed E-state index contributed by atoms with van der Waals surface area (Å²) in [6.45, 7) is 16.0. The number of nitrogens with one attached hydrogen (secondary N) is 7. The van der Waals surface area contributed by atoms with Gasteiger partial charge in [-0.1, -0.05) is 82.8 Å². The molecule has 6 aliphatic heterocycles. The predicted molar refractivity (Wildman–Crippen MR) is 537 cm³/mol. The molecule has 0 unspecified atom stereocenters. The number of nitrogen functional groups attached to an aromatic ring is 1. The average molecular weight is 2030 g/mol. The lowest BCUT2D eigenvalue weighted by Gasteiger charge is -2.44. The van der Waals surface area contributed by atoms with Gasteiger partial charge in [0.1, 0.15) is 161 Å². The molecule has 50 heteroatoms. The molecule has 3 atom stereocenters.